The average Bonchev–Trinajstić information content (AvgIpc) is 2.16. The Labute approximate surface area is 98.4 Å². The summed E-state index contributed by atoms with van der Waals surface area (Å²) in [6, 6.07) is 0. The van der Waals surface area contributed by atoms with E-state index in [2.05, 4.69) is 6.92 Å². The van der Waals surface area contributed by atoms with Crippen LogP contribution in [0, 0.1) is 5.92 Å². The van der Waals surface area contributed by atoms with Gasteiger partial charge in [0.15, 0.2) is 0 Å². The third-order valence-corrected chi connectivity index (χ3v) is 4.83. The predicted octanol–water partition coefficient (Wildman–Crippen LogP) is 0.419. The second kappa shape index (κ2) is 5.00. The van der Waals surface area contributed by atoms with Crippen LogP contribution in [0.2, 0.25) is 0 Å². The summed E-state index contributed by atoms with van der Waals surface area (Å²) in [6.07, 6.45) is 3.79. The lowest BCUT2D eigenvalue weighted by Crippen LogP contribution is -2.59. The molecule has 1 aliphatic carbocycles. The third-order valence-electron chi connectivity index (χ3n) is 3.57. The normalized spacial score (nSPS) is 31.9. The lowest BCUT2D eigenvalue weighted by atomic mass is 9.76. The van der Waals surface area contributed by atoms with Crippen molar-refractivity contribution in [1.29, 1.82) is 0 Å². The van der Waals surface area contributed by atoms with Crippen LogP contribution in [0.3, 0.4) is 0 Å². The lowest BCUT2D eigenvalue weighted by molar-refractivity contribution is 0.113. The summed E-state index contributed by atoms with van der Waals surface area (Å²) in [4.78, 5) is 0. The zero-order valence-corrected chi connectivity index (χ0v) is 11.0. The fourth-order valence-corrected chi connectivity index (χ4v) is 4.07. The first-order valence-corrected chi connectivity index (χ1v) is 7.36. The van der Waals surface area contributed by atoms with Crippen molar-refractivity contribution < 1.29 is 8.42 Å². The second-order valence-corrected chi connectivity index (χ2v) is 6.31. The maximum atomic E-state index is 11.6. The van der Waals surface area contributed by atoms with E-state index in [-0.39, 0.29) is 0 Å². The van der Waals surface area contributed by atoms with Crippen molar-refractivity contribution in [3.63, 3.8) is 0 Å². The molecule has 0 aromatic carbocycles. The van der Waals surface area contributed by atoms with Gasteiger partial charge in [-0.05, 0) is 18.8 Å². The van der Waals surface area contributed by atoms with Crippen molar-refractivity contribution >= 4 is 10.2 Å². The van der Waals surface area contributed by atoms with E-state index >= 15 is 0 Å². The molecule has 0 saturated heterocycles. The molecule has 0 bridgehead atoms. The van der Waals surface area contributed by atoms with E-state index in [0.29, 0.717) is 19.0 Å². The Bertz CT molecular complexity index is 331. The van der Waals surface area contributed by atoms with Crippen LogP contribution in [0.25, 0.3) is 0 Å². The molecule has 4 N–H and O–H groups in total. The Kier molecular flexibility index (Phi) is 4.34. The fraction of sp³-hybridized carbons (Fsp3) is 1.00. The van der Waals surface area contributed by atoms with E-state index in [9.17, 15) is 8.42 Å². The quantitative estimate of drug-likeness (QED) is 0.756. The Balaban J connectivity index is 3.02. The molecule has 0 amide bonds. The van der Waals surface area contributed by atoms with Crippen LogP contribution >= 0.6 is 0 Å². The van der Waals surface area contributed by atoms with E-state index in [1.54, 1.807) is 6.92 Å². The van der Waals surface area contributed by atoms with Gasteiger partial charge in [0, 0.05) is 18.6 Å². The SMILES string of the molecule is CCN(C1(CN)CCCC(C)C1)S(N)(=O)=O. The molecule has 0 aromatic heterocycles. The Morgan fingerprint density at radius 2 is 2.12 bits per heavy atom. The van der Waals surface area contributed by atoms with E-state index in [1.807, 2.05) is 0 Å². The highest BCUT2D eigenvalue weighted by molar-refractivity contribution is 7.86. The van der Waals surface area contributed by atoms with Crippen LogP contribution in [0.5, 0.6) is 0 Å². The molecule has 1 fully saturated rings. The zero-order chi connectivity index (χ0) is 12.4. The first-order valence-electron chi connectivity index (χ1n) is 5.86. The van der Waals surface area contributed by atoms with Gasteiger partial charge in [0.05, 0.1) is 0 Å². The number of nitrogens with two attached hydrogens (primary N) is 2. The van der Waals surface area contributed by atoms with Gasteiger partial charge in [-0.25, -0.2) is 5.14 Å². The first kappa shape index (κ1) is 13.9. The topological polar surface area (TPSA) is 89.4 Å². The Hall–Kier alpha value is -0.170. The van der Waals surface area contributed by atoms with Gasteiger partial charge in [-0.2, -0.15) is 12.7 Å². The molecule has 0 spiro atoms. The summed E-state index contributed by atoms with van der Waals surface area (Å²) >= 11 is 0. The molecule has 0 heterocycles. The van der Waals surface area contributed by atoms with Crippen molar-refractivity contribution in [2.45, 2.75) is 45.1 Å². The molecule has 1 rings (SSSR count). The summed E-state index contributed by atoms with van der Waals surface area (Å²) in [5.41, 5.74) is 5.35. The van der Waals surface area contributed by atoms with Gasteiger partial charge >= 0.3 is 0 Å². The van der Waals surface area contributed by atoms with Gasteiger partial charge in [-0.3, -0.25) is 0 Å². The van der Waals surface area contributed by atoms with Crippen LogP contribution in [-0.2, 0) is 10.2 Å². The van der Waals surface area contributed by atoms with Gasteiger partial charge in [0.25, 0.3) is 10.2 Å². The van der Waals surface area contributed by atoms with Crippen LogP contribution in [-0.4, -0.2) is 31.4 Å². The predicted molar refractivity (Wildman–Crippen MR) is 64.9 cm³/mol. The van der Waals surface area contributed by atoms with Gasteiger partial charge in [-0.1, -0.05) is 26.7 Å². The fourth-order valence-electron chi connectivity index (χ4n) is 2.93. The Morgan fingerprint density at radius 3 is 2.50 bits per heavy atom. The average molecular weight is 249 g/mol. The van der Waals surface area contributed by atoms with Crippen LogP contribution in [0.1, 0.15) is 39.5 Å². The van der Waals surface area contributed by atoms with Gasteiger partial charge in [0.1, 0.15) is 0 Å². The summed E-state index contributed by atoms with van der Waals surface area (Å²) in [7, 11) is -3.66. The first-order chi connectivity index (χ1) is 7.35. The summed E-state index contributed by atoms with van der Waals surface area (Å²) in [5.74, 6) is 0.507. The number of likely N-dealkylation sites (N-methyl/N-ethyl adjacent to an activating group) is 1. The monoisotopic (exact) mass is 249 g/mol. The highest BCUT2D eigenvalue weighted by atomic mass is 32.2. The Morgan fingerprint density at radius 1 is 1.50 bits per heavy atom. The van der Waals surface area contributed by atoms with Crippen molar-refractivity contribution in [1.82, 2.24) is 4.31 Å². The van der Waals surface area contributed by atoms with Crippen molar-refractivity contribution in [2.75, 3.05) is 13.1 Å². The maximum absolute atomic E-state index is 11.6. The third kappa shape index (κ3) is 2.74. The minimum absolute atomic E-state index is 0.349. The smallest absolute Gasteiger partial charge is 0.277 e. The van der Waals surface area contributed by atoms with Gasteiger partial charge < -0.3 is 5.73 Å². The van der Waals surface area contributed by atoms with Crippen LogP contribution < -0.4 is 10.9 Å². The molecule has 5 nitrogen and oxygen atoms in total. The lowest BCUT2D eigenvalue weighted by Gasteiger charge is -2.45. The molecule has 1 saturated carbocycles. The van der Waals surface area contributed by atoms with Gasteiger partial charge in [0.2, 0.25) is 0 Å². The highest BCUT2D eigenvalue weighted by Gasteiger charge is 2.42. The molecule has 6 heteroatoms. The second-order valence-electron chi connectivity index (χ2n) is 4.84. The van der Waals surface area contributed by atoms with E-state index in [1.165, 1.54) is 4.31 Å². The molecule has 0 aromatic rings. The molecule has 0 aliphatic heterocycles. The zero-order valence-electron chi connectivity index (χ0n) is 10.1. The molecule has 2 unspecified atom stereocenters. The summed E-state index contributed by atoms with van der Waals surface area (Å²) in [5, 5.41) is 5.27. The van der Waals surface area contributed by atoms with E-state index < -0.39 is 15.7 Å². The highest BCUT2D eigenvalue weighted by Crippen LogP contribution is 2.36. The minimum Gasteiger partial charge on any atom is -0.329 e. The summed E-state index contributed by atoms with van der Waals surface area (Å²) < 4.78 is 24.5. The number of rotatable bonds is 4. The molecular formula is C10H23N3O2S. The van der Waals surface area contributed by atoms with Crippen molar-refractivity contribution in [3.8, 4) is 0 Å². The van der Waals surface area contributed by atoms with Crippen LogP contribution in [0.4, 0.5) is 0 Å². The van der Waals surface area contributed by atoms with Crippen molar-refractivity contribution in [2.24, 2.45) is 16.8 Å². The van der Waals surface area contributed by atoms with Crippen LogP contribution in [0.15, 0.2) is 0 Å². The maximum Gasteiger partial charge on any atom is 0.277 e. The number of hydrogen-bond donors (Lipinski definition) is 2. The molecule has 16 heavy (non-hydrogen) atoms. The number of nitrogens with zero attached hydrogens (tertiary/aromatic N) is 1. The molecule has 2 atom stereocenters. The van der Waals surface area contributed by atoms with Crippen molar-refractivity contribution in [3.05, 3.63) is 0 Å². The standard InChI is InChI=1S/C10H23N3O2S/c1-3-13(16(12,14)15)10(8-11)6-4-5-9(2)7-10/h9H,3-8,11H2,1-2H3,(H2,12,14,15). The van der Waals surface area contributed by atoms with E-state index in [4.69, 9.17) is 10.9 Å². The summed E-state index contributed by atoms with van der Waals surface area (Å²) in [6.45, 7) is 4.69. The molecule has 1 aliphatic rings. The van der Waals surface area contributed by atoms with Gasteiger partial charge in [-0.15, -0.1) is 0 Å². The molecule has 96 valence electrons. The molecular weight excluding hydrogens is 226 g/mol. The van der Waals surface area contributed by atoms with E-state index in [0.717, 1.165) is 25.7 Å². The number of hydrogen-bond acceptors (Lipinski definition) is 3. The minimum atomic E-state index is -3.66. The largest absolute Gasteiger partial charge is 0.329 e. The molecule has 0 radical (unpaired) electrons.